The molecule has 3 aliphatic heterocycles. The van der Waals surface area contributed by atoms with Gasteiger partial charge in [0.1, 0.15) is 0 Å². The second-order valence-electron chi connectivity index (χ2n) is 6.05. The van der Waals surface area contributed by atoms with Crippen molar-refractivity contribution in [1.82, 2.24) is 20.4 Å². The predicted octanol–water partition coefficient (Wildman–Crippen LogP) is -1.03. The molecular formula is C14H23ClN4O3. The van der Waals surface area contributed by atoms with E-state index in [4.69, 9.17) is 0 Å². The highest BCUT2D eigenvalue weighted by molar-refractivity contribution is 5.89. The lowest BCUT2D eigenvalue weighted by Crippen LogP contribution is -2.58. The summed E-state index contributed by atoms with van der Waals surface area (Å²) in [5, 5.41) is 5.78. The van der Waals surface area contributed by atoms with E-state index in [1.54, 1.807) is 0 Å². The van der Waals surface area contributed by atoms with E-state index in [1.165, 1.54) is 0 Å². The largest absolute Gasteiger partial charge is 0.355 e. The van der Waals surface area contributed by atoms with Crippen molar-refractivity contribution in [2.75, 3.05) is 39.3 Å². The van der Waals surface area contributed by atoms with Gasteiger partial charge in [0, 0.05) is 45.2 Å². The molecule has 0 radical (unpaired) electrons. The highest BCUT2D eigenvalue weighted by atomic mass is 35.5. The Morgan fingerprint density at radius 3 is 2.73 bits per heavy atom. The fourth-order valence-electron chi connectivity index (χ4n) is 3.45. The summed E-state index contributed by atoms with van der Waals surface area (Å²) in [6, 6.07) is 0.127. The van der Waals surface area contributed by atoms with Crippen LogP contribution >= 0.6 is 12.4 Å². The van der Waals surface area contributed by atoms with Crippen molar-refractivity contribution in [3.8, 4) is 0 Å². The van der Waals surface area contributed by atoms with E-state index < -0.39 is 0 Å². The number of hydrogen-bond donors (Lipinski definition) is 2. The second-order valence-corrected chi connectivity index (χ2v) is 6.05. The van der Waals surface area contributed by atoms with Gasteiger partial charge in [0.2, 0.25) is 17.7 Å². The molecule has 0 aromatic rings. The monoisotopic (exact) mass is 330 g/mol. The summed E-state index contributed by atoms with van der Waals surface area (Å²) in [5.74, 6) is -0.0898. The Morgan fingerprint density at radius 2 is 2.05 bits per heavy atom. The second kappa shape index (κ2) is 7.28. The van der Waals surface area contributed by atoms with Crippen molar-refractivity contribution in [2.24, 2.45) is 5.92 Å². The summed E-state index contributed by atoms with van der Waals surface area (Å²) in [7, 11) is 0. The minimum atomic E-state index is -0.227. The van der Waals surface area contributed by atoms with Crippen LogP contribution in [0.2, 0.25) is 0 Å². The summed E-state index contributed by atoms with van der Waals surface area (Å²) >= 11 is 0. The van der Waals surface area contributed by atoms with Crippen LogP contribution in [0.15, 0.2) is 0 Å². The van der Waals surface area contributed by atoms with Gasteiger partial charge in [-0.05, 0) is 12.8 Å². The van der Waals surface area contributed by atoms with Crippen molar-refractivity contribution in [2.45, 2.75) is 25.3 Å². The van der Waals surface area contributed by atoms with Gasteiger partial charge in [0.15, 0.2) is 0 Å². The van der Waals surface area contributed by atoms with Gasteiger partial charge in [-0.15, -0.1) is 12.4 Å². The minimum absolute atomic E-state index is 0. The van der Waals surface area contributed by atoms with Gasteiger partial charge in [0.25, 0.3) is 0 Å². The number of piperazine rings is 1. The highest BCUT2D eigenvalue weighted by Gasteiger charge is 2.36. The van der Waals surface area contributed by atoms with Crippen molar-refractivity contribution in [1.29, 1.82) is 0 Å². The number of hydrogen-bond acceptors (Lipinski definition) is 4. The Balaban J connectivity index is 0.00000176. The molecule has 3 fully saturated rings. The predicted molar refractivity (Wildman–Crippen MR) is 82.5 cm³/mol. The van der Waals surface area contributed by atoms with Crippen molar-refractivity contribution >= 4 is 30.1 Å². The van der Waals surface area contributed by atoms with Gasteiger partial charge in [-0.2, -0.15) is 0 Å². The molecule has 2 atom stereocenters. The van der Waals surface area contributed by atoms with Crippen LogP contribution in [0.1, 0.15) is 19.3 Å². The third kappa shape index (κ3) is 3.52. The molecule has 3 heterocycles. The highest BCUT2D eigenvalue weighted by Crippen LogP contribution is 2.21. The molecule has 3 aliphatic rings. The van der Waals surface area contributed by atoms with E-state index in [9.17, 15) is 14.4 Å². The number of likely N-dealkylation sites (tertiary alicyclic amines) is 1. The van der Waals surface area contributed by atoms with Gasteiger partial charge in [0.05, 0.1) is 12.5 Å². The first-order valence-electron chi connectivity index (χ1n) is 7.71. The zero-order valence-electron chi connectivity index (χ0n) is 12.5. The lowest BCUT2D eigenvalue weighted by molar-refractivity contribution is -0.142. The van der Waals surface area contributed by atoms with Gasteiger partial charge in [-0.25, -0.2) is 0 Å². The molecule has 0 aromatic carbocycles. The molecule has 3 rings (SSSR count). The first-order valence-corrected chi connectivity index (χ1v) is 7.71. The molecule has 124 valence electrons. The van der Waals surface area contributed by atoms with Gasteiger partial charge < -0.3 is 20.4 Å². The average molecular weight is 331 g/mol. The molecule has 7 nitrogen and oxygen atoms in total. The first-order chi connectivity index (χ1) is 10.1. The third-order valence-electron chi connectivity index (χ3n) is 4.60. The van der Waals surface area contributed by atoms with Crippen molar-refractivity contribution in [3.05, 3.63) is 0 Å². The third-order valence-corrected chi connectivity index (χ3v) is 4.60. The maximum absolute atomic E-state index is 12.5. The SMILES string of the molecule is Cl.O=C1CC(C(=O)N2CCCC(N3CCNCC3=O)C2)CN1. The Bertz CT molecular complexity index is 459. The standard InChI is InChI=1S/C14H22N4O3.ClH/c19-12-6-10(7-16-12)14(21)17-4-1-2-11(9-17)18-5-3-15-8-13(18)20;/h10-11,15H,1-9H2,(H,16,19);1H. The molecule has 8 heteroatoms. The number of halogens is 1. The molecule has 0 spiro atoms. The van der Waals surface area contributed by atoms with Gasteiger partial charge in [-0.3, -0.25) is 14.4 Å². The molecular weight excluding hydrogens is 308 g/mol. The number of piperidine rings is 1. The maximum Gasteiger partial charge on any atom is 0.236 e. The Kier molecular flexibility index (Phi) is 5.63. The van der Waals surface area contributed by atoms with E-state index in [2.05, 4.69) is 10.6 Å². The fraction of sp³-hybridized carbons (Fsp3) is 0.786. The van der Waals surface area contributed by atoms with E-state index in [0.29, 0.717) is 26.1 Å². The van der Waals surface area contributed by atoms with Crippen LogP contribution in [0, 0.1) is 5.92 Å². The molecule has 3 saturated heterocycles. The molecule has 2 unspecified atom stereocenters. The summed E-state index contributed by atoms with van der Waals surface area (Å²) in [4.78, 5) is 39.5. The minimum Gasteiger partial charge on any atom is -0.355 e. The number of carbonyl (C=O) groups excluding carboxylic acids is 3. The van der Waals surface area contributed by atoms with Crippen molar-refractivity contribution < 1.29 is 14.4 Å². The smallest absolute Gasteiger partial charge is 0.236 e. The van der Waals surface area contributed by atoms with Crippen LogP contribution in [0.25, 0.3) is 0 Å². The lowest BCUT2D eigenvalue weighted by atomic mass is 10.00. The Labute approximate surface area is 136 Å². The zero-order chi connectivity index (χ0) is 14.8. The van der Waals surface area contributed by atoms with E-state index in [0.717, 1.165) is 32.5 Å². The number of nitrogens with one attached hydrogen (secondary N) is 2. The first kappa shape index (κ1) is 17.0. The molecule has 0 saturated carbocycles. The van der Waals surface area contributed by atoms with Crippen LogP contribution in [0.3, 0.4) is 0 Å². The lowest BCUT2D eigenvalue weighted by Gasteiger charge is -2.41. The molecule has 22 heavy (non-hydrogen) atoms. The molecule has 0 aliphatic carbocycles. The van der Waals surface area contributed by atoms with Crippen LogP contribution in [-0.4, -0.2) is 72.8 Å². The van der Waals surface area contributed by atoms with Gasteiger partial charge >= 0.3 is 0 Å². The molecule has 3 amide bonds. The molecule has 0 bridgehead atoms. The van der Waals surface area contributed by atoms with Crippen LogP contribution in [-0.2, 0) is 14.4 Å². The van der Waals surface area contributed by atoms with E-state index in [1.807, 2.05) is 9.80 Å². The number of rotatable bonds is 2. The number of carbonyl (C=O) groups is 3. The summed E-state index contributed by atoms with van der Waals surface area (Å²) in [6.07, 6.45) is 2.17. The number of nitrogens with zero attached hydrogens (tertiary/aromatic N) is 2. The molecule has 2 N–H and O–H groups in total. The topological polar surface area (TPSA) is 81.8 Å². The van der Waals surface area contributed by atoms with Crippen LogP contribution in [0.4, 0.5) is 0 Å². The fourth-order valence-corrected chi connectivity index (χ4v) is 3.45. The van der Waals surface area contributed by atoms with Crippen molar-refractivity contribution in [3.63, 3.8) is 0 Å². The Hall–Kier alpha value is -1.34. The van der Waals surface area contributed by atoms with Gasteiger partial charge in [-0.1, -0.05) is 0 Å². The average Bonchev–Trinajstić information content (AvgIpc) is 2.94. The summed E-state index contributed by atoms with van der Waals surface area (Å²) in [6.45, 7) is 3.72. The number of amides is 3. The normalized spacial score (nSPS) is 29.1. The zero-order valence-corrected chi connectivity index (χ0v) is 13.4. The van der Waals surface area contributed by atoms with Crippen LogP contribution in [0.5, 0.6) is 0 Å². The maximum atomic E-state index is 12.5. The van der Waals surface area contributed by atoms with E-state index >= 15 is 0 Å². The van der Waals surface area contributed by atoms with E-state index in [-0.39, 0.29) is 42.1 Å². The summed E-state index contributed by atoms with van der Waals surface area (Å²) < 4.78 is 0. The molecule has 0 aromatic heterocycles. The quantitative estimate of drug-likeness (QED) is 0.678. The van der Waals surface area contributed by atoms with Crippen LogP contribution < -0.4 is 10.6 Å². The Morgan fingerprint density at radius 1 is 1.23 bits per heavy atom. The summed E-state index contributed by atoms with van der Waals surface area (Å²) in [5.41, 5.74) is 0.